The van der Waals surface area contributed by atoms with Gasteiger partial charge in [-0.1, -0.05) is 0 Å². The van der Waals surface area contributed by atoms with Crippen molar-refractivity contribution in [2.45, 2.75) is 20.1 Å². The Bertz CT molecular complexity index is 638. The van der Waals surface area contributed by atoms with Crippen LogP contribution in [0.2, 0.25) is 0 Å². The third-order valence-electron chi connectivity index (χ3n) is 2.94. The average Bonchev–Trinajstić information content (AvgIpc) is 2.76. The van der Waals surface area contributed by atoms with Crippen molar-refractivity contribution in [2.24, 2.45) is 7.05 Å². The highest BCUT2D eigenvalue weighted by Crippen LogP contribution is 2.28. The van der Waals surface area contributed by atoms with Gasteiger partial charge in [0, 0.05) is 13.1 Å². The number of benzene rings is 1. The standard InChI is InChI=1S/C12H14N4O4/c1-8-13-14-12(15(8)2)7-20-11-5-9(6-17)3-4-10(11)16(18)19/h3-5,17H,6-7H2,1-2H3. The van der Waals surface area contributed by atoms with Gasteiger partial charge in [-0.05, 0) is 24.6 Å². The molecule has 0 amide bonds. The third kappa shape index (κ3) is 2.75. The van der Waals surface area contributed by atoms with Gasteiger partial charge in [-0.3, -0.25) is 10.1 Å². The second kappa shape index (κ2) is 5.66. The van der Waals surface area contributed by atoms with Crippen molar-refractivity contribution in [3.05, 3.63) is 45.5 Å². The van der Waals surface area contributed by atoms with Gasteiger partial charge in [0.05, 0.1) is 11.5 Å². The molecule has 2 rings (SSSR count). The van der Waals surface area contributed by atoms with Crippen LogP contribution in [0, 0.1) is 17.0 Å². The Labute approximate surface area is 114 Å². The summed E-state index contributed by atoms with van der Waals surface area (Å²) >= 11 is 0. The third-order valence-corrected chi connectivity index (χ3v) is 2.94. The Morgan fingerprint density at radius 1 is 1.45 bits per heavy atom. The molecule has 1 N–H and O–H groups in total. The number of hydrogen-bond donors (Lipinski definition) is 1. The van der Waals surface area contributed by atoms with Crippen LogP contribution in [0.1, 0.15) is 17.2 Å². The lowest BCUT2D eigenvalue weighted by Gasteiger charge is -2.08. The van der Waals surface area contributed by atoms with Crippen molar-refractivity contribution in [3.8, 4) is 5.75 Å². The molecule has 0 aliphatic rings. The van der Waals surface area contributed by atoms with Crippen molar-refractivity contribution in [1.82, 2.24) is 14.8 Å². The summed E-state index contributed by atoms with van der Waals surface area (Å²) in [6.07, 6.45) is 0. The van der Waals surface area contributed by atoms with E-state index in [0.29, 0.717) is 11.4 Å². The zero-order valence-corrected chi connectivity index (χ0v) is 11.1. The minimum atomic E-state index is -0.529. The molecule has 0 bridgehead atoms. The summed E-state index contributed by atoms with van der Waals surface area (Å²) in [5, 5.41) is 27.8. The van der Waals surface area contributed by atoms with Gasteiger partial charge < -0.3 is 14.4 Å². The molecule has 2 aromatic rings. The van der Waals surface area contributed by atoms with E-state index < -0.39 is 4.92 Å². The summed E-state index contributed by atoms with van der Waals surface area (Å²) in [6.45, 7) is 1.65. The molecule has 106 valence electrons. The number of aromatic nitrogens is 3. The fourth-order valence-electron chi connectivity index (χ4n) is 1.64. The molecule has 0 saturated heterocycles. The predicted molar refractivity (Wildman–Crippen MR) is 69.1 cm³/mol. The molecule has 8 heteroatoms. The number of rotatable bonds is 5. The van der Waals surface area contributed by atoms with Crippen LogP contribution < -0.4 is 4.74 Å². The maximum absolute atomic E-state index is 10.9. The SMILES string of the molecule is Cc1nnc(COc2cc(CO)ccc2[N+](=O)[O-])n1C. The Kier molecular flexibility index (Phi) is 3.94. The molecule has 1 aromatic carbocycles. The van der Waals surface area contributed by atoms with Crippen LogP contribution in [0.15, 0.2) is 18.2 Å². The van der Waals surface area contributed by atoms with Gasteiger partial charge in [-0.2, -0.15) is 0 Å². The molecule has 0 aliphatic heterocycles. The topological polar surface area (TPSA) is 103 Å². The van der Waals surface area contributed by atoms with E-state index in [1.165, 1.54) is 18.2 Å². The minimum Gasteiger partial charge on any atom is -0.479 e. The minimum absolute atomic E-state index is 0.0626. The van der Waals surface area contributed by atoms with Crippen LogP contribution in [0.3, 0.4) is 0 Å². The first-order valence-electron chi connectivity index (χ1n) is 5.88. The van der Waals surface area contributed by atoms with Crippen LogP contribution in [0.4, 0.5) is 5.69 Å². The number of aliphatic hydroxyl groups excluding tert-OH is 1. The summed E-state index contributed by atoms with van der Waals surface area (Å²) < 4.78 is 7.18. The van der Waals surface area contributed by atoms with E-state index in [2.05, 4.69) is 10.2 Å². The Morgan fingerprint density at radius 3 is 2.75 bits per heavy atom. The summed E-state index contributed by atoms with van der Waals surface area (Å²) in [5.74, 6) is 1.38. The number of nitrogens with zero attached hydrogens (tertiary/aromatic N) is 4. The number of nitro benzene ring substituents is 1. The van der Waals surface area contributed by atoms with E-state index in [9.17, 15) is 10.1 Å². The fraction of sp³-hybridized carbons (Fsp3) is 0.333. The van der Waals surface area contributed by atoms with E-state index in [-0.39, 0.29) is 24.7 Å². The van der Waals surface area contributed by atoms with Crippen molar-refractivity contribution in [2.75, 3.05) is 0 Å². The van der Waals surface area contributed by atoms with E-state index in [1.54, 1.807) is 18.5 Å². The van der Waals surface area contributed by atoms with Gasteiger partial charge in [0.15, 0.2) is 11.6 Å². The largest absolute Gasteiger partial charge is 0.479 e. The van der Waals surface area contributed by atoms with Crippen molar-refractivity contribution >= 4 is 5.69 Å². The van der Waals surface area contributed by atoms with Gasteiger partial charge in [-0.25, -0.2) is 0 Å². The maximum Gasteiger partial charge on any atom is 0.310 e. The number of ether oxygens (including phenoxy) is 1. The molecule has 0 saturated carbocycles. The Morgan fingerprint density at radius 2 is 2.20 bits per heavy atom. The van der Waals surface area contributed by atoms with E-state index in [4.69, 9.17) is 9.84 Å². The molecule has 0 unspecified atom stereocenters. The first kappa shape index (κ1) is 13.9. The zero-order chi connectivity index (χ0) is 14.7. The Hall–Kier alpha value is -2.48. The molecule has 8 nitrogen and oxygen atoms in total. The van der Waals surface area contributed by atoms with E-state index in [0.717, 1.165) is 5.82 Å². The molecule has 0 radical (unpaired) electrons. The monoisotopic (exact) mass is 278 g/mol. The molecule has 0 fully saturated rings. The van der Waals surface area contributed by atoms with Crippen molar-refractivity contribution in [3.63, 3.8) is 0 Å². The molecule has 0 atom stereocenters. The number of aliphatic hydroxyl groups is 1. The van der Waals surface area contributed by atoms with Crippen LogP contribution in [0.5, 0.6) is 5.75 Å². The highest BCUT2D eigenvalue weighted by Gasteiger charge is 2.16. The number of nitro groups is 1. The number of aryl methyl sites for hydroxylation is 1. The second-order valence-electron chi connectivity index (χ2n) is 4.23. The van der Waals surface area contributed by atoms with Gasteiger partial charge in [-0.15, -0.1) is 10.2 Å². The molecule has 1 heterocycles. The van der Waals surface area contributed by atoms with Crippen molar-refractivity contribution in [1.29, 1.82) is 0 Å². The van der Waals surface area contributed by atoms with Crippen LogP contribution in [-0.4, -0.2) is 24.8 Å². The van der Waals surface area contributed by atoms with Crippen LogP contribution in [-0.2, 0) is 20.3 Å². The lowest BCUT2D eigenvalue weighted by atomic mass is 10.2. The highest BCUT2D eigenvalue weighted by atomic mass is 16.6. The lowest BCUT2D eigenvalue weighted by Crippen LogP contribution is -2.06. The summed E-state index contributed by atoms with van der Waals surface area (Å²) in [6, 6.07) is 4.24. The average molecular weight is 278 g/mol. The summed E-state index contributed by atoms with van der Waals surface area (Å²) in [4.78, 5) is 10.4. The summed E-state index contributed by atoms with van der Waals surface area (Å²) in [5.41, 5.74) is 0.390. The van der Waals surface area contributed by atoms with Gasteiger partial charge in [0.25, 0.3) is 0 Å². The van der Waals surface area contributed by atoms with Gasteiger partial charge in [0.2, 0.25) is 0 Å². The molecule has 0 spiro atoms. The van der Waals surface area contributed by atoms with Gasteiger partial charge in [0.1, 0.15) is 12.4 Å². The molecule has 1 aromatic heterocycles. The first-order chi connectivity index (χ1) is 9.52. The smallest absolute Gasteiger partial charge is 0.310 e. The van der Waals surface area contributed by atoms with Crippen LogP contribution >= 0.6 is 0 Å². The Balaban J connectivity index is 2.23. The maximum atomic E-state index is 10.9. The first-order valence-corrected chi connectivity index (χ1v) is 5.88. The summed E-state index contributed by atoms with van der Waals surface area (Å²) in [7, 11) is 1.78. The van der Waals surface area contributed by atoms with Gasteiger partial charge >= 0.3 is 5.69 Å². The molecular weight excluding hydrogens is 264 g/mol. The molecular formula is C12H14N4O4. The second-order valence-corrected chi connectivity index (χ2v) is 4.23. The van der Waals surface area contributed by atoms with Crippen molar-refractivity contribution < 1.29 is 14.8 Å². The van der Waals surface area contributed by atoms with E-state index in [1.807, 2.05) is 0 Å². The highest BCUT2D eigenvalue weighted by molar-refractivity contribution is 5.48. The zero-order valence-electron chi connectivity index (χ0n) is 11.1. The fourth-order valence-corrected chi connectivity index (χ4v) is 1.64. The van der Waals surface area contributed by atoms with E-state index >= 15 is 0 Å². The quantitative estimate of drug-likeness (QED) is 0.649. The molecule has 20 heavy (non-hydrogen) atoms. The predicted octanol–water partition coefficient (Wildman–Crippen LogP) is 1.10. The number of hydrogen-bond acceptors (Lipinski definition) is 6. The lowest BCUT2D eigenvalue weighted by molar-refractivity contribution is -0.386. The normalized spacial score (nSPS) is 10.6. The van der Waals surface area contributed by atoms with Crippen LogP contribution in [0.25, 0.3) is 0 Å². The molecule has 0 aliphatic carbocycles.